The van der Waals surface area contributed by atoms with Crippen molar-refractivity contribution in [1.82, 2.24) is 5.32 Å². The van der Waals surface area contributed by atoms with Gasteiger partial charge in [-0.3, -0.25) is 4.79 Å². The lowest BCUT2D eigenvalue weighted by atomic mass is 10.2. The van der Waals surface area contributed by atoms with Crippen molar-refractivity contribution in [3.8, 4) is 5.75 Å². The number of hydrogen-bond donors (Lipinski definition) is 2. The molecule has 1 heterocycles. The van der Waals surface area contributed by atoms with Gasteiger partial charge in [0.25, 0.3) is 0 Å². The SMILES string of the molecule is COc1c(F)cc(NC(=O)C2COCCN2)cc1F.Cl. The van der Waals surface area contributed by atoms with Crippen molar-refractivity contribution in [2.45, 2.75) is 6.04 Å². The Labute approximate surface area is 121 Å². The molecule has 1 aliphatic heterocycles. The van der Waals surface area contributed by atoms with Crippen LogP contribution in [0.5, 0.6) is 5.75 Å². The predicted octanol–water partition coefficient (Wildman–Crippen LogP) is 1.32. The standard InChI is InChI=1S/C12H14F2N2O3.ClH/c1-18-11-8(13)4-7(5-9(11)14)16-12(17)10-6-19-3-2-15-10;/h4-5,10,15H,2-3,6H2,1H3,(H,16,17);1H. The van der Waals surface area contributed by atoms with E-state index in [-0.39, 0.29) is 24.7 Å². The summed E-state index contributed by atoms with van der Waals surface area (Å²) in [6.45, 7) is 1.33. The van der Waals surface area contributed by atoms with Gasteiger partial charge in [-0.2, -0.15) is 0 Å². The fourth-order valence-electron chi connectivity index (χ4n) is 1.79. The third-order valence-corrected chi connectivity index (χ3v) is 2.71. The van der Waals surface area contributed by atoms with E-state index in [1.807, 2.05) is 0 Å². The summed E-state index contributed by atoms with van der Waals surface area (Å²) < 4.78 is 36.6. The first kappa shape index (κ1) is 16.6. The molecule has 1 fully saturated rings. The van der Waals surface area contributed by atoms with E-state index in [1.165, 1.54) is 7.11 Å². The van der Waals surface area contributed by atoms with Crippen LogP contribution in [-0.4, -0.2) is 38.8 Å². The van der Waals surface area contributed by atoms with Crippen molar-refractivity contribution in [3.63, 3.8) is 0 Å². The summed E-state index contributed by atoms with van der Waals surface area (Å²) in [5.41, 5.74) is 0.0353. The second-order valence-electron chi connectivity index (χ2n) is 4.04. The predicted molar refractivity (Wildman–Crippen MR) is 71.4 cm³/mol. The third-order valence-electron chi connectivity index (χ3n) is 2.71. The minimum absolute atomic E-state index is 0. The summed E-state index contributed by atoms with van der Waals surface area (Å²) in [6, 6.07) is 1.48. The molecule has 0 bridgehead atoms. The topological polar surface area (TPSA) is 59.6 Å². The van der Waals surface area contributed by atoms with E-state index >= 15 is 0 Å². The van der Waals surface area contributed by atoms with Crippen LogP contribution in [0.4, 0.5) is 14.5 Å². The molecule has 2 N–H and O–H groups in total. The molecule has 1 amide bonds. The zero-order chi connectivity index (χ0) is 13.8. The van der Waals surface area contributed by atoms with Crippen molar-refractivity contribution in [2.75, 3.05) is 32.2 Å². The van der Waals surface area contributed by atoms with Crippen molar-refractivity contribution in [3.05, 3.63) is 23.8 Å². The van der Waals surface area contributed by atoms with Gasteiger partial charge in [0.05, 0.1) is 20.3 Å². The minimum atomic E-state index is -0.870. The van der Waals surface area contributed by atoms with Crippen molar-refractivity contribution in [2.24, 2.45) is 0 Å². The number of methoxy groups -OCH3 is 1. The van der Waals surface area contributed by atoms with Crippen LogP contribution in [0.25, 0.3) is 0 Å². The Morgan fingerprint density at radius 3 is 2.60 bits per heavy atom. The molecule has 0 radical (unpaired) electrons. The number of rotatable bonds is 3. The fraction of sp³-hybridized carbons (Fsp3) is 0.417. The van der Waals surface area contributed by atoms with Crippen LogP contribution in [0.2, 0.25) is 0 Å². The van der Waals surface area contributed by atoms with Gasteiger partial charge in [-0.15, -0.1) is 12.4 Å². The summed E-state index contributed by atoms with van der Waals surface area (Å²) in [6.07, 6.45) is 0. The van der Waals surface area contributed by atoms with Gasteiger partial charge < -0.3 is 20.1 Å². The first-order valence-electron chi connectivity index (χ1n) is 5.77. The molecule has 1 aromatic rings. The second-order valence-corrected chi connectivity index (χ2v) is 4.04. The highest BCUT2D eigenvalue weighted by atomic mass is 35.5. The monoisotopic (exact) mass is 308 g/mol. The molecule has 112 valence electrons. The molecule has 1 aromatic carbocycles. The maximum absolute atomic E-state index is 13.4. The summed E-state index contributed by atoms with van der Waals surface area (Å²) in [7, 11) is 1.17. The number of benzene rings is 1. The molecule has 2 rings (SSSR count). The molecule has 5 nitrogen and oxygen atoms in total. The Balaban J connectivity index is 0.00000200. The van der Waals surface area contributed by atoms with Gasteiger partial charge in [0.2, 0.25) is 5.91 Å². The Morgan fingerprint density at radius 2 is 2.10 bits per heavy atom. The van der Waals surface area contributed by atoms with E-state index in [4.69, 9.17) is 4.74 Å². The summed E-state index contributed by atoms with van der Waals surface area (Å²) >= 11 is 0. The van der Waals surface area contributed by atoms with Crippen LogP contribution in [0.15, 0.2) is 12.1 Å². The van der Waals surface area contributed by atoms with Gasteiger partial charge in [0.1, 0.15) is 6.04 Å². The molecular weight excluding hydrogens is 294 g/mol. The van der Waals surface area contributed by atoms with E-state index in [9.17, 15) is 13.6 Å². The highest BCUT2D eigenvalue weighted by Crippen LogP contribution is 2.25. The lowest BCUT2D eigenvalue weighted by Crippen LogP contribution is -2.48. The molecule has 8 heteroatoms. The zero-order valence-corrected chi connectivity index (χ0v) is 11.6. The van der Waals surface area contributed by atoms with Crippen molar-refractivity contribution in [1.29, 1.82) is 0 Å². The van der Waals surface area contributed by atoms with Crippen molar-refractivity contribution >= 4 is 24.0 Å². The van der Waals surface area contributed by atoms with Crippen molar-refractivity contribution < 1.29 is 23.0 Å². The van der Waals surface area contributed by atoms with E-state index < -0.39 is 29.3 Å². The average Bonchev–Trinajstić information content (AvgIpc) is 2.39. The molecule has 0 spiro atoms. The molecule has 1 unspecified atom stereocenters. The number of amides is 1. The van der Waals surface area contributed by atoms with Gasteiger partial charge in [0.15, 0.2) is 17.4 Å². The van der Waals surface area contributed by atoms with Gasteiger partial charge in [0, 0.05) is 24.4 Å². The van der Waals surface area contributed by atoms with Crippen LogP contribution in [0.3, 0.4) is 0 Å². The molecule has 0 aliphatic carbocycles. The molecule has 0 saturated carbocycles. The van der Waals surface area contributed by atoms with Crippen LogP contribution in [0.1, 0.15) is 0 Å². The number of nitrogens with one attached hydrogen (secondary N) is 2. The maximum Gasteiger partial charge on any atom is 0.243 e. The quantitative estimate of drug-likeness (QED) is 0.884. The Morgan fingerprint density at radius 1 is 1.45 bits per heavy atom. The normalized spacial score (nSPS) is 18.1. The third kappa shape index (κ3) is 3.78. The number of anilines is 1. The highest BCUT2D eigenvalue weighted by molar-refractivity contribution is 5.95. The lowest BCUT2D eigenvalue weighted by molar-refractivity contribution is -0.120. The van der Waals surface area contributed by atoms with Crippen LogP contribution < -0.4 is 15.4 Å². The fourth-order valence-corrected chi connectivity index (χ4v) is 1.79. The highest BCUT2D eigenvalue weighted by Gasteiger charge is 2.22. The number of halogens is 3. The molecule has 20 heavy (non-hydrogen) atoms. The smallest absolute Gasteiger partial charge is 0.243 e. The summed E-state index contributed by atoms with van der Waals surface area (Å²) in [4.78, 5) is 11.8. The van der Waals surface area contributed by atoms with Gasteiger partial charge in [-0.05, 0) is 0 Å². The zero-order valence-electron chi connectivity index (χ0n) is 10.7. The number of morpholine rings is 1. The van der Waals surface area contributed by atoms with Gasteiger partial charge in [-0.1, -0.05) is 0 Å². The Kier molecular flexibility index (Phi) is 6.12. The Hall–Kier alpha value is -1.44. The number of carbonyl (C=O) groups excluding carboxylic acids is 1. The lowest BCUT2D eigenvalue weighted by Gasteiger charge is -2.23. The maximum atomic E-state index is 13.4. The summed E-state index contributed by atoms with van der Waals surface area (Å²) in [5.74, 6) is -2.61. The Bertz CT molecular complexity index is 459. The second kappa shape index (κ2) is 7.37. The number of hydrogen-bond acceptors (Lipinski definition) is 4. The minimum Gasteiger partial charge on any atom is -0.491 e. The van der Waals surface area contributed by atoms with Gasteiger partial charge in [-0.25, -0.2) is 8.78 Å². The van der Waals surface area contributed by atoms with E-state index in [0.29, 0.717) is 13.2 Å². The molecule has 1 saturated heterocycles. The molecular formula is C12H15ClF2N2O3. The first-order chi connectivity index (χ1) is 9.11. The average molecular weight is 309 g/mol. The molecule has 1 aliphatic rings. The first-order valence-corrected chi connectivity index (χ1v) is 5.77. The number of ether oxygens (including phenoxy) is 2. The largest absolute Gasteiger partial charge is 0.491 e. The number of carbonyl (C=O) groups is 1. The van der Waals surface area contributed by atoms with E-state index in [0.717, 1.165) is 12.1 Å². The summed E-state index contributed by atoms with van der Waals surface area (Å²) in [5, 5.41) is 5.37. The van der Waals surface area contributed by atoms with Gasteiger partial charge >= 0.3 is 0 Å². The molecule has 1 atom stereocenters. The van der Waals surface area contributed by atoms with E-state index in [2.05, 4.69) is 15.4 Å². The van der Waals surface area contributed by atoms with Crippen LogP contribution in [-0.2, 0) is 9.53 Å². The van der Waals surface area contributed by atoms with E-state index in [1.54, 1.807) is 0 Å². The molecule has 0 aromatic heterocycles. The van der Waals surface area contributed by atoms with Crippen LogP contribution >= 0.6 is 12.4 Å². The van der Waals surface area contributed by atoms with Crippen LogP contribution in [0, 0.1) is 11.6 Å².